The Labute approximate surface area is 252 Å². The second kappa shape index (κ2) is 14.0. The Balaban J connectivity index is 1.71. The molecule has 2 aliphatic rings. The molecule has 9 nitrogen and oxygen atoms in total. The molecule has 216 valence electrons. The molecule has 3 unspecified atom stereocenters. The van der Waals surface area contributed by atoms with E-state index in [0.717, 1.165) is 24.8 Å². The molecule has 2 aromatic carbocycles. The minimum Gasteiger partial charge on any atom is -0.493 e. The van der Waals surface area contributed by atoms with Gasteiger partial charge in [0.25, 0.3) is 0 Å². The maximum atomic E-state index is 13.7. The molecular weight excluding hydrogens is 651 g/mol. The predicted molar refractivity (Wildman–Crippen MR) is 158 cm³/mol. The fraction of sp³-hybridized carbons (Fsp3) is 0.448. The van der Waals surface area contributed by atoms with Crippen LogP contribution in [0.3, 0.4) is 0 Å². The highest BCUT2D eigenvalue weighted by molar-refractivity contribution is 14.1. The number of carbonyl (C=O) groups excluding carboxylic acids is 2. The van der Waals surface area contributed by atoms with Crippen LogP contribution in [0, 0.1) is 9.49 Å². The number of benzene rings is 2. The first-order chi connectivity index (χ1) is 19.2. The van der Waals surface area contributed by atoms with Crippen molar-refractivity contribution in [3.05, 3.63) is 67.8 Å². The van der Waals surface area contributed by atoms with E-state index in [2.05, 4.69) is 27.9 Å². The van der Waals surface area contributed by atoms with Crippen molar-refractivity contribution in [2.24, 2.45) is 5.92 Å². The maximum absolute atomic E-state index is 13.7. The largest absolute Gasteiger partial charge is 0.493 e. The summed E-state index contributed by atoms with van der Waals surface area (Å²) < 4.78 is 12.5. The monoisotopic (exact) mass is 684 g/mol. The number of hydrogen-bond acceptors (Lipinski definition) is 7. The molecule has 1 fully saturated rings. The third-order valence-corrected chi connectivity index (χ3v) is 8.40. The van der Waals surface area contributed by atoms with Gasteiger partial charge in [-0.15, -0.1) is 0 Å². The van der Waals surface area contributed by atoms with E-state index in [9.17, 15) is 24.9 Å². The molecule has 11 heteroatoms. The number of hydrogen-bond donors (Lipinski definition) is 4. The van der Waals surface area contributed by atoms with Crippen LogP contribution >= 0.6 is 34.2 Å². The number of carbonyl (C=O) groups is 2. The fourth-order valence-electron chi connectivity index (χ4n) is 4.93. The lowest BCUT2D eigenvalue weighted by Crippen LogP contribution is -2.56. The molecule has 0 aliphatic heterocycles. The van der Waals surface area contributed by atoms with Crippen LogP contribution in [0.2, 0.25) is 5.02 Å². The van der Waals surface area contributed by atoms with Gasteiger partial charge in [0.05, 0.1) is 29.9 Å². The lowest BCUT2D eigenvalue weighted by Gasteiger charge is -2.43. The summed E-state index contributed by atoms with van der Waals surface area (Å²) in [5.41, 5.74) is 1.83. The van der Waals surface area contributed by atoms with Gasteiger partial charge in [-0.2, -0.15) is 0 Å². The number of aliphatic hydroxyl groups excluding tert-OH is 3. The lowest BCUT2D eigenvalue weighted by molar-refractivity contribution is -0.146. The molecule has 0 saturated heterocycles. The smallest absolute Gasteiger partial charge is 0.247 e. The molecule has 2 aliphatic carbocycles. The van der Waals surface area contributed by atoms with Crippen LogP contribution < -0.4 is 14.8 Å². The molecule has 2 aromatic rings. The average molecular weight is 685 g/mol. The molecule has 0 radical (unpaired) electrons. The van der Waals surface area contributed by atoms with Gasteiger partial charge in [0, 0.05) is 36.0 Å². The summed E-state index contributed by atoms with van der Waals surface area (Å²) in [7, 11) is 1.48. The Kier molecular flexibility index (Phi) is 10.7. The first kappa shape index (κ1) is 30.6. The van der Waals surface area contributed by atoms with Gasteiger partial charge in [-0.3, -0.25) is 9.59 Å². The molecule has 3 atom stereocenters. The number of nitrogens with zero attached hydrogens (tertiary/aromatic N) is 1. The van der Waals surface area contributed by atoms with Crippen molar-refractivity contribution in [3.8, 4) is 11.5 Å². The number of ether oxygens (including phenoxy) is 2. The third kappa shape index (κ3) is 7.09. The van der Waals surface area contributed by atoms with Crippen molar-refractivity contribution >= 4 is 46.0 Å². The second-order valence-electron chi connectivity index (χ2n) is 10.0. The van der Waals surface area contributed by atoms with Gasteiger partial charge in [-0.25, -0.2) is 0 Å². The van der Waals surface area contributed by atoms with E-state index < -0.39 is 24.2 Å². The molecule has 4 rings (SSSR count). The predicted octanol–water partition coefficient (Wildman–Crippen LogP) is 3.19. The lowest BCUT2D eigenvalue weighted by atomic mass is 9.82. The zero-order valence-corrected chi connectivity index (χ0v) is 25.1. The Hall–Kier alpha value is -2.38. The van der Waals surface area contributed by atoms with E-state index in [4.69, 9.17) is 21.1 Å². The molecule has 4 N–H and O–H groups in total. The van der Waals surface area contributed by atoms with E-state index in [-0.39, 0.29) is 44.5 Å². The molecule has 0 bridgehead atoms. The Bertz CT molecular complexity index is 1240. The molecule has 0 aromatic heterocycles. The summed E-state index contributed by atoms with van der Waals surface area (Å²) in [6, 6.07) is 9.83. The molecule has 2 amide bonds. The van der Waals surface area contributed by atoms with Crippen molar-refractivity contribution in [1.29, 1.82) is 0 Å². The Morgan fingerprint density at radius 3 is 2.48 bits per heavy atom. The highest BCUT2D eigenvalue weighted by atomic mass is 127. The van der Waals surface area contributed by atoms with Crippen LogP contribution in [0.5, 0.6) is 11.5 Å². The zero-order chi connectivity index (χ0) is 28.8. The molecule has 0 spiro atoms. The van der Waals surface area contributed by atoms with E-state index in [1.54, 1.807) is 35.2 Å². The van der Waals surface area contributed by atoms with Crippen molar-refractivity contribution < 1.29 is 34.4 Å². The van der Waals surface area contributed by atoms with E-state index >= 15 is 0 Å². The number of rotatable bonds is 11. The highest BCUT2D eigenvalue weighted by Crippen LogP contribution is 2.38. The summed E-state index contributed by atoms with van der Waals surface area (Å²) in [5, 5.41) is 33.8. The van der Waals surface area contributed by atoms with Gasteiger partial charge >= 0.3 is 0 Å². The van der Waals surface area contributed by atoms with Crippen LogP contribution in [-0.2, 0) is 22.7 Å². The molecular formula is C29H34ClIN2O7. The summed E-state index contributed by atoms with van der Waals surface area (Å²) >= 11 is 8.15. The van der Waals surface area contributed by atoms with Gasteiger partial charge in [0.15, 0.2) is 11.5 Å². The Morgan fingerprint density at radius 2 is 1.88 bits per heavy atom. The van der Waals surface area contributed by atoms with E-state index in [1.807, 2.05) is 12.1 Å². The number of aliphatic hydroxyl groups is 3. The van der Waals surface area contributed by atoms with Gasteiger partial charge in [0.2, 0.25) is 11.8 Å². The van der Waals surface area contributed by atoms with Gasteiger partial charge in [0.1, 0.15) is 12.2 Å². The van der Waals surface area contributed by atoms with E-state index in [0.29, 0.717) is 31.2 Å². The van der Waals surface area contributed by atoms with Crippen molar-refractivity contribution in [2.75, 3.05) is 20.3 Å². The van der Waals surface area contributed by atoms with Crippen molar-refractivity contribution in [1.82, 2.24) is 10.2 Å². The molecule has 40 heavy (non-hydrogen) atoms. The first-order valence-corrected chi connectivity index (χ1v) is 14.7. The number of nitrogens with one attached hydrogen (secondary N) is 1. The average Bonchev–Trinajstić information content (AvgIpc) is 2.92. The summed E-state index contributed by atoms with van der Waals surface area (Å²) in [6.07, 6.45) is 2.07. The number of halogens is 2. The normalized spacial score (nSPS) is 20.8. The molecule has 1 saturated carbocycles. The summed E-state index contributed by atoms with van der Waals surface area (Å²) in [5.74, 6) is 0.114. The SMILES string of the molecule is COc1cc(CO)cc(I)c1OC1C=C(C(=O)NCCO)CC(N(Cc2ccc(Cl)cc2)C(=O)C2CCC2)C1O. The van der Waals surface area contributed by atoms with Crippen molar-refractivity contribution in [2.45, 2.75) is 57.1 Å². The Morgan fingerprint density at radius 1 is 1.15 bits per heavy atom. The van der Waals surface area contributed by atoms with Crippen LogP contribution in [0.4, 0.5) is 0 Å². The van der Waals surface area contributed by atoms with Crippen LogP contribution in [0.15, 0.2) is 48.0 Å². The number of methoxy groups -OCH3 is 1. The van der Waals surface area contributed by atoms with Crippen LogP contribution in [0.1, 0.15) is 36.8 Å². The van der Waals surface area contributed by atoms with Crippen LogP contribution in [-0.4, -0.2) is 70.5 Å². The van der Waals surface area contributed by atoms with Gasteiger partial charge < -0.3 is 35.0 Å². The topological polar surface area (TPSA) is 129 Å². The standard InChI is InChI=1S/C29H34ClIN2O7/c1-39-25-12-18(16-35)11-22(31)27(25)40-24-14-20(28(37)32-9-10-34)13-23(26(24)36)33(29(38)19-3-2-4-19)15-17-5-7-21(30)8-6-17/h5-8,11-12,14,19,23-24,26,34-36H,2-4,9-10,13,15-16H2,1H3,(H,32,37). The van der Waals surface area contributed by atoms with Gasteiger partial charge in [-0.1, -0.05) is 30.2 Å². The molecule has 0 heterocycles. The first-order valence-electron chi connectivity index (χ1n) is 13.2. The van der Waals surface area contributed by atoms with Gasteiger partial charge in [-0.05, 0) is 76.9 Å². The fourth-order valence-corrected chi connectivity index (χ4v) is 5.85. The van der Waals surface area contributed by atoms with E-state index in [1.165, 1.54) is 7.11 Å². The zero-order valence-electron chi connectivity index (χ0n) is 22.2. The van der Waals surface area contributed by atoms with Crippen molar-refractivity contribution in [3.63, 3.8) is 0 Å². The van der Waals surface area contributed by atoms with Crippen LogP contribution in [0.25, 0.3) is 0 Å². The quantitative estimate of drug-likeness (QED) is 0.268. The minimum absolute atomic E-state index is 0.0682. The minimum atomic E-state index is -1.16. The third-order valence-electron chi connectivity index (χ3n) is 7.34. The highest BCUT2D eigenvalue weighted by Gasteiger charge is 2.43. The second-order valence-corrected chi connectivity index (χ2v) is 11.6. The number of amides is 2. The summed E-state index contributed by atoms with van der Waals surface area (Å²) in [6.45, 7) is -0.101. The maximum Gasteiger partial charge on any atom is 0.247 e. The summed E-state index contributed by atoms with van der Waals surface area (Å²) in [4.78, 5) is 28.5.